The number of aryl methyl sites for hydroxylation is 2. The van der Waals surface area contributed by atoms with E-state index >= 15 is 0 Å². The van der Waals surface area contributed by atoms with Crippen molar-refractivity contribution in [2.75, 3.05) is 0 Å². The fraction of sp³-hybridized carbons (Fsp3) is 0.333. The number of carbonyl (C=O) groups excluding carboxylic acids is 1. The number of aromatic nitrogens is 2. The summed E-state index contributed by atoms with van der Waals surface area (Å²) in [6, 6.07) is 7.31. The molecule has 1 saturated carbocycles. The molecule has 3 rings (SSSR count). The minimum Gasteiger partial charge on any atom is -0.297 e. The Bertz CT molecular complexity index is 819. The van der Waals surface area contributed by atoms with Gasteiger partial charge in [-0.15, -0.1) is 0 Å². The second kappa shape index (κ2) is 6.08. The summed E-state index contributed by atoms with van der Waals surface area (Å²) in [6.45, 7) is 3.51. The summed E-state index contributed by atoms with van der Waals surface area (Å²) in [5.74, 6) is -3.77. The van der Waals surface area contributed by atoms with Gasteiger partial charge >= 0.3 is 0 Å². The van der Waals surface area contributed by atoms with Crippen LogP contribution in [0.15, 0.2) is 24.3 Å². The SMILES string of the molecule is Cc1cc(C)nc([C@H](C#N)C(=O)[C@H]2C[C@@H]2c2c(F)cccc2F)n1. The van der Waals surface area contributed by atoms with E-state index in [1.807, 2.05) is 6.07 Å². The van der Waals surface area contributed by atoms with E-state index in [4.69, 9.17) is 0 Å². The maximum atomic E-state index is 13.8. The predicted molar refractivity (Wildman–Crippen MR) is 82.1 cm³/mol. The Labute approximate surface area is 138 Å². The summed E-state index contributed by atoms with van der Waals surface area (Å²) in [4.78, 5) is 21.0. The molecule has 24 heavy (non-hydrogen) atoms. The molecule has 0 N–H and O–H groups in total. The average molecular weight is 327 g/mol. The highest BCUT2D eigenvalue weighted by atomic mass is 19.1. The topological polar surface area (TPSA) is 66.6 Å². The van der Waals surface area contributed by atoms with E-state index in [2.05, 4.69) is 9.97 Å². The number of Topliss-reactive ketones (excluding diaryl/α,β-unsaturated/α-hetero) is 1. The number of benzene rings is 1. The minimum atomic E-state index is -1.12. The largest absolute Gasteiger partial charge is 0.297 e. The number of carbonyl (C=O) groups is 1. The molecule has 1 aromatic heterocycles. The van der Waals surface area contributed by atoms with E-state index < -0.39 is 29.4 Å². The molecular formula is C18H15F2N3O. The van der Waals surface area contributed by atoms with E-state index in [9.17, 15) is 18.8 Å². The smallest absolute Gasteiger partial charge is 0.164 e. The van der Waals surface area contributed by atoms with Crippen LogP contribution in [-0.4, -0.2) is 15.8 Å². The number of halogens is 2. The summed E-state index contributed by atoms with van der Waals surface area (Å²) >= 11 is 0. The van der Waals surface area contributed by atoms with Crippen LogP contribution in [-0.2, 0) is 4.79 Å². The molecule has 1 fully saturated rings. The molecular weight excluding hydrogens is 312 g/mol. The molecule has 0 unspecified atom stereocenters. The molecule has 1 heterocycles. The van der Waals surface area contributed by atoms with Crippen molar-refractivity contribution in [2.24, 2.45) is 5.92 Å². The van der Waals surface area contributed by atoms with Gasteiger partial charge in [0.25, 0.3) is 0 Å². The van der Waals surface area contributed by atoms with Gasteiger partial charge in [-0.1, -0.05) is 6.07 Å². The second-order valence-corrected chi connectivity index (χ2v) is 6.06. The van der Waals surface area contributed by atoms with Gasteiger partial charge in [-0.2, -0.15) is 5.26 Å². The van der Waals surface area contributed by atoms with Crippen LogP contribution in [0.4, 0.5) is 8.78 Å². The molecule has 0 amide bonds. The Morgan fingerprint density at radius 2 is 1.83 bits per heavy atom. The Morgan fingerprint density at radius 1 is 1.25 bits per heavy atom. The van der Waals surface area contributed by atoms with E-state index in [0.29, 0.717) is 17.8 Å². The molecule has 1 aliphatic carbocycles. The summed E-state index contributed by atoms with van der Waals surface area (Å²) in [6.07, 6.45) is 0.333. The third-order valence-electron chi connectivity index (χ3n) is 4.20. The van der Waals surface area contributed by atoms with Crippen LogP contribution in [0.3, 0.4) is 0 Å². The van der Waals surface area contributed by atoms with E-state index in [1.165, 1.54) is 18.2 Å². The highest BCUT2D eigenvalue weighted by Gasteiger charge is 2.49. The van der Waals surface area contributed by atoms with Crippen LogP contribution >= 0.6 is 0 Å². The Morgan fingerprint density at radius 3 is 2.38 bits per heavy atom. The standard InChI is InChI=1S/C18H15F2N3O/c1-9-6-10(2)23-18(22-9)13(8-21)17(24)12-7-11(12)16-14(19)4-3-5-15(16)20/h3-6,11-13H,7H2,1-2H3/t11-,12-,13+/m0/s1. The Balaban J connectivity index is 1.86. The fourth-order valence-corrected chi connectivity index (χ4v) is 3.04. The van der Waals surface area contributed by atoms with Crippen molar-refractivity contribution < 1.29 is 13.6 Å². The number of nitriles is 1. The molecule has 2 aromatic rings. The number of rotatable bonds is 4. The molecule has 0 saturated heterocycles. The van der Waals surface area contributed by atoms with Crippen molar-refractivity contribution in [1.82, 2.24) is 9.97 Å². The zero-order valence-corrected chi connectivity index (χ0v) is 13.3. The quantitative estimate of drug-likeness (QED) is 0.863. The van der Waals surface area contributed by atoms with Crippen molar-refractivity contribution in [3.8, 4) is 6.07 Å². The molecule has 1 aromatic carbocycles. The monoisotopic (exact) mass is 327 g/mol. The fourth-order valence-electron chi connectivity index (χ4n) is 3.04. The van der Waals surface area contributed by atoms with Gasteiger partial charge in [0.05, 0.1) is 6.07 Å². The van der Waals surface area contributed by atoms with Crippen molar-refractivity contribution in [1.29, 1.82) is 5.26 Å². The lowest BCUT2D eigenvalue weighted by atomic mass is 9.97. The molecule has 0 bridgehead atoms. The average Bonchev–Trinajstić information content (AvgIpc) is 3.27. The lowest BCUT2D eigenvalue weighted by Crippen LogP contribution is -2.17. The van der Waals surface area contributed by atoms with Gasteiger partial charge in [0, 0.05) is 28.8 Å². The molecule has 0 spiro atoms. The van der Waals surface area contributed by atoms with Crippen LogP contribution in [0.25, 0.3) is 0 Å². The Kier molecular flexibility index (Phi) is 4.10. The minimum absolute atomic E-state index is 0.0751. The van der Waals surface area contributed by atoms with Crippen LogP contribution in [0.2, 0.25) is 0 Å². The third kappa shape index (κ3) is 2.90. The summed E-state index contributed by atoms with van der Waals surface area (Å²) < 4.78 is 27.7. The normalized spacial score (nSPS) is 20.3. The van der Waals surface area contributed by atoms with Crippen molar-refractivity contribution in [2.45, 2.75) is 32.1 Å². The molecule has 6 heteroatoms. The molecule has 0 aliphatic heterocycles. The van der Waals surface area contributed by atoms with Crippen molar-refractivity contribution in [3.05, 3.63) is 58.7 Å². The first kappa shape index (κ1) is 16.2. The number of ketones is 1. The molecule has 0 radical (unpaired) electrons. The van der Waals surface area contributed by atoms with Gasteiger partial charge in [-0.3, -0.25) is 4.79 Å². The van der Waals surface area contributed by atoms with Gasteiger partial charge in [0.2, 0.25) is 0 Å². The molecule has 4 nitrogen and oxygen atoms in total. The van der Waals surface area contributed by atoms with Gasteiger partial charge in [0.1, 0.15) is 11.6 Å². The van der Waals surface area contributed by atoms with Crippen LogP contribution in [0, 0.1) is 42.7 Å². The van der Waals surface area contributed by atoms with Crippen molar-refractivity contribution in [3.63, 3.8) is 0 Å². The number of hydrogen-bond acceptors (Lipinski definition) is 4. The van der Waals surface area contributed by atoms with Gasteiger partial charge < -0.3 is 0 Å². The van der Waals surface area contributed by atoms with Gasteiger partial charge in [-0.25, -0.2) is 18.7 Å². The highest BCUT2D eigenvalue weighted by Crippen LogP contribution is 2.51. The van der Waals surface area contributed by atoms with Crippen LogP contribution in [0.1, 0.15) is 41.0 Å². The Hall–Kier alpha value is -2.68. The number of hydrogen-bond donors (Lipinski definition) is 0. The first-order chi connectivity index (χ1) is 11.4. The second-order valence-electron chi connectivity index (χ2n) is 6.06. The first-order valence-corrected chi connectivity index (χ1v) is 7.61. The number of nitrogens with zero attached hydrogens (tertiary/aromatic N) is 3. The third-order valence-corrected chi connectivity index (χ3v) is 4.20. The van der Waals surface area contributed by atoms with E-state index in [0.717, 1.165) is 0 Å². The van der Waals surface area contributed by atoms with Gasteiger partial charge in [-0.05, 0) is 38.5 Å². The zero-order valence-electron chi connectivity index (χ0n) is 13.3. The maximum absolute atomic E-state index is 13.8. The molecule has 122 valence electrons. The lowest BCUT2D eigenvalue weighted by Gasteiger charge is -2.09. The van der Waals surface area contributed by atoms with Crippen LogP contribution in [0.5, 0.6) is 0 Å². The summed E-state index contributed by atoms with van der Waals surface area (Å²) in [5, 5.41) is 9.38. The van der Waals surface area contributed by atoms with E-state index in [-0.39, 0.29) is 17.2 Å². The zero-order chi connectivity index (χ0) is 17.4. The molecule has 1 aliphatic rings. The summed E-state index contributed by atoms with van der Waals surface area (Å²) in [5.41, 5.74) is 1.25. The van der Waals surface area contributed by atoms with Crippen LogP contribution < -0.4 is 0 Å². The van der Waals surface area contributed by atoms with Crippen molar-refractivity contribution >= 4 is 5.78 Å². The first-order valence-electron chi connectivity index (χ1n) is 7.61. The lowest BCUT2D eigenvalue weighted by molar-refractivity contribution is -0.120. The maximum Gasteiger partial charge on any atom is 0.164 e. The summed E-state index contributed by atoms with van der Waals surface area (Å²) in [7, 11) is 0. The van der Waals surface area contributed by atoms with Gasteiger partial charge in [0.15, 0.2) is 17.5 Å². The van der Waals surface area contributed by atoms with E-state index in [1.54, 1.807) is 19.9 Å². The predicted octanol–water partition coefficient (Wildman–Crippen LogP) is 3.35. The molecule has 3 atom stereocenters. The highest BCUT2D eigenvalue weighted by molar-refractivity contribution is 5.92.